The number of halogens is 3. The van der Waals surface area contributed by atoms with Crippen LogP contribution in [0.15, 0.2) is 18.2 Å². The molecule has 2 aromatic rings. The van der Waals surface area contributed by atoms with Crippen LogP contribution < -0.4 is 4.74 Å². The minimum atomic E-state index is -4.89. The zero-order chi connectivity index (χ0) is 31.4. The van der Waals surface area contributed by atoms with Gasteiger partial charge >= 0.3 is 30.1 Å². The Balaban J connectivity index is 2.10. The lowest BCUT2D eigenvalue weighted by Gasteiger charge is -2.43. The average molecular weight is 603 g/mol. The number of H-pyrrole nitrogens is 1. The fraction of sp³-hybridized carbons (Fsp3) is 0.500. The molecule has 0 aliphatic carbocycles. The van der Waals surface area contributed by atoms with Crippen LogP contribution in [0.1, 0.15) is 50.1 Å². The van der Waals surface area contributed by atoms with Gasteiger partial charge in [0.25, 0.3) is 0 Å². The Labute approximate surface area is 237 Å². The average Bonchev–Trinajstić information content (AvgIpc) is 3.25. The third-order valence-corrected chi connectivity index (χ3v) is 5.98. The van der Waals surface area contributed by atoms with Crippen molar-refractivity contribution in [2.75, 3.05) is 6.61 Å². The first-order valence-corrected chi connectivity index (χ1v) is 12.5. The largest absolute Gasteiger partial charge is 0.508 e. The Kier molecular flexibility index (Phi) is 10.0. The molecule has 0 saturated carbocycles. The molecule has 0 unspecified atom stereocenters. The Morgan fingerprint density at radius 1 is 0.952 bits per heavy atom. The number of hydrogen-bond acceptors (Lipinski definition) is 12. The third-order valence-electron chi connectivity index (χ3n) is 5.98. The molecule has 0 bridgehead atoms. The van der Waals surface area contributed by atoms with Crippen LogP contribution in [0.4, 0.5) is 13.2 Å². The van der Waals surface area contributed by atoms with Gasteiger partial charge in [0.05, 0.1) is 5.56 Å². The van der Waals surface area contributed by atoms with Crippen LogP contribution in [0.2, 0.25) is 0 Å². The second-order valence-corrected chi connectivity index (χ2v) is 9.35. The van der Waals surface area contributed by atoms with Crippen molar-refractivity contribution in [1.82, 2.24) is 10.2 Å². The number of ether oxygens (including phenoxy) is 6. The summed E-state index contributed by atoms with van der Waals surface area (Å²) in [5.41, 5.74) is -0.826. The maximum absolute atomic E-state index is 14.0. The van der Waals surface area contributed by atoms with E-state index in [1.54, 1.807) is 6.92 Å². The highest BCUT2D eigenvalue weighted by Gasteiger charge is 2.54. The summed E-state index contributed by atoms with van der Waals surface area (Å²) in [7, 11) is 0. The van der Waals surface area contributed by atoms with E-state index in [1.165, 1.54) is 18.2 Å². The van der Waals surface area contributed by atoms with Gasteiger partial charge in [0.1, 0.15) is 24.2 Å². The second-order valence-electron chi connectivity index (χ2n) is 9.35. The summed E-state index contributed by atoms with van der Waals surface area (Å²) in [6.07, 6.45) is -13.2. The maximum atomic E-state index is 14.0. The quantitative estimate of drug-likeness (QED) is 0.318. The number of alkyl halides is 3. The van der Waals surface area contributed by atoms with Crippen molar-refractivity contribution >= 4 is 23.9 Å². The van der Waals surface area contributed by atoms with Gasteiger partial charge < -0.3 is 33.5 Å². The van der Waals surface area contributed by atoms with E-state index in [-0.39, 0.29) is 12.2 Å². The second kappa shape index (κ2) is 13.1. The number of phenols is 1. The Bertz CT molecular complexity index is 1330. The standard InChI is InChI=1S/C26H29F3N2O11/c1-11-8-17(36)7-6-16(11)9-18-23(26(27,28)29)30-31-24(18)42-25-22(40-15(5)35)21(39-14(4)34)20(38-13(3)33)19(41-25)10-37-12(2)32/h6-8,19-22,25,36H,9-10H2,1-5H3,(H,30,31)/t19-,20+,21+,22-,25+/m1/s1. The third kappa shape index (κ3) is 8.11. The highest BCUT2D eigenvalue weighted by atomic mass is 19.4. The highest BCUT2D eigenvalue weighted by molar-refractivity contribution is 5.68. The van der Waals surface area contributed by atoms with Crippen LogP contribution >= 0.6 is 0 Å². The van der Waals surface area contributed by atoms with Gasteiger partial charge in [-0.05, 0) is 30.2 Å². The van der Waals surface area contributed by atoms with Crippen LogP contribution in [-0.4, -0.2) is 76.5 Å². The number of carbonyl (C=O) groups excluding carboxylic acids is 4. The van der Waals surface area contributed by atoms with Crippen molar-refractivity contribution in [3.63, 3.8) is 0 Å². The smallest absolute Gasteiger partial charge is 0.433 e. The van der Waals surface area contributed by atoms with E-state index < -0.39 is 84.5 Å². The first-order chi connectivity index (χ1) is 19.6. The lowest BCUT2D eigenvalue weighted by atomic mass is 9.98. The number of phenolic OH excluding ortho intramolecular Hbond substituents is 1. The first-order valence-electron chi connectivity index (χ1n) is 12.5. The lowest BCUT2D eigenvalue weighted by molar-refractivity contribution is -0.289. The summed E-state index contributed by atoms with van der Waals surface area (Å²) >= 11 is 0. The van der Waals surface area contributed by atoms with Crippen LogP contribution in [0, 0.1) is 6.92 Å². The highest BCUT2D eigenvalue weighted by Crippen LogP contribution is 2.38. The number of hydrogen-bond donors (Lipinski definition) is 2. The predicted molar refractivity (Wildman–Crippen MR) is 132 cm³/mol. The molecule has 13 nitrogen and oxygen atoms in total. The molecule has 3 rings (SSSR count). The number of aromatic amines is 1. The molecule has 1 saturated heterocycles. The summed E-state index contributed by atoms with van der Waals surface area (Å²) in [5.74, 6) is -4.12. The summed E-state index contributed by atoms with van der Waals surface area (Å²) in [4.78, 5) is 47.4. The van der Waals surface area contributed by atoms with Gasteiger partial charge in [-0.2, -0.15) is 13.2 Å². The molecule has 5 atom stereocenters. The van der Waals surface area contributed by atoms with E-state index >= 15 is 0 Å². The SMILES string of the molecule is CC(=O)OC[C@H]1O[C@@H](Oc2n[nH]c(C(F)(F)F)c2Cc2ccc(O)cc2C)[C@H](OC(C)=O)[C@@H](OC(C)=O)[C@H]1OC(C)=O. The number of aryl methyl sites for hydroxylation is 1. The number of nitrogens with zero attached hydrogens (tertiary/aromatic N) is 1. The Hall–Kier alpha value is -4.34. The Morgan fingerprint density at radius 3 is 2.10 bits per heavy atom. The van der Waals surface area contributed by atoms with Crippen LogP contribution in [0.25, 0.3) is 0 Å². The number of nitrogens with one attached hydrogen (secondary N) is 1. The monoisotopic (exact) mass is 602 g/mol. The van der Waals surface area contributed by atoms with Gasteiger partial charge in [-0.15, -0.1) is 5.10 Å². The zero-order valence-electron chi connectivity index (χ0n) is 23.1. The number of esters is 4. The van der Waals surface area contributed by atoms with Crippen molar-refractivity contribution in [3.05, 3.63) is 40.6 Å². The van der Waals surface area contributed by atoms with Gasteiger partial charge in [0.15, 0.2) is 12.2 Å². The van der Waals surface area contributed by atoms with Gasteiger partial charge in [-0.25, -0.2) is 0 Å². The van der Waals surface area contributed by atoms with Crippen molar-refractivity contribution in [3.8, 4) is 11.6 Å². The molecular formula is C26H29F3N2O11. The van der Waals surface area contributed by atoms with Crippen molar-refractivity contribution in [2.45, 2.75) is 77.9 Å². The van der Waals surface area contributed by atoms with Crippen molar-refractivity contribution < 1.29 is 65.9 Å². The van der Waals surface area contributed by atoms with E-state index in [1.807, 2.05) is 5.10 Å². The van der Waals surface area contributed by atoms with Gasteiger partial charge in [0.2, 0.25) is 18.3 Å². The van der Waals surface area contributed by atoms with Gasteiger partial charge in [0, 0.05) is 34.1 Å². The van der Waals surface area contributed by atoms with Crippen molar-refractivity contribution in [1.29, 1.82) is 0 Å². The number of aromatic nitrogens is 2. The summed E-state index contributed by atoms with van der Waals surface area (Å²) < 4.78 is 74.3. The summed E-state index contributed by atoms with van der Waals surface area (Å²) in [6.45, 7) is 5.17. The predicted octanol–water partition coefficient (Wildman–Crippen LogP) is 2.50. The molecule has 2 heterocycles. The molecular weight excluding hydrogens is 573 g/mol. The molecule has 0 amide bonds. The number of carbonyl (C=O) groups is 4. The number of rotatable bonds is 9. The molecule has 1 aliphatic rings. The molecule has 1 aromatic carbocycles. The maximum Gasteiger partial charge on any atom is 0.433 e. The van der Waals surface area contributed by atoms with Gasteiger partial charge in [-0.1, -0.05) is 6.07 Å². The molecule has 0 radical (unpaired) electrons. The van der Waals surface area contributed by atoms with Gasteiger partial charge in [-0.3, -0.25) is 24.3 Å². The topological polar surface area (TPSA) is 173 Å². The van der Waals surface area contributed by atoms with Crippen LogP contribution in [-0.2, 0) is 55.5 Å². The molecule has 42 heavy (non-hydrogen) atoms. The Morgan fingerprint density at radius 2 is 1.55 bits per heavy atom. The van der Waals surface area contributed by atoms with E-state index in [2.05, 4.69) is 5.10 Å². The van der Waals surface area contributed by atoms with E-state index in [0.717, 1.165) is 27.7 Å². The normalized spacial score (nSPS) is 22.1. The number of benzene rings is 1. The minimum absolute atomic E-state index is 0.0894. The van der Waals surface area contributed by atoms with E-state index in [9.17, 15) is 37.5 Å². The fourth-order valence-corrected chi connectivity index (χ4v) is 4.31. The fourth-order valence-electron chi connectivity index (χ4n) is 4.31. The molecule has 16 heteroatoms. The van der Waals surface area contributed by atoms with Crippen LogP contribution in [0.5, 0.6) is 11.6 Å². The van der Waals surface area contributed by atoms with Crippen molar-refractivity contribution in [2.24, 2.45) is 0 Å². The molecule has 1 fully saturated rings. The minimum Gasteiger partial charge on any atom is -0.508 e. The summed E-state index contributed by atoms with van der Waals surface area (Å²) in [6, 6.07) is 4.09. The van der Waals surface area contributed by atoms with Crippen LogP contribution in [0.3, 0.4) is 0 Å². The molecule has 230 valence electrons. The number of aromatic hydroxyl groups is 1. The summed E-state index contributed by atoms with van der Waals surface area (Å²) in [5, 5.41) is 15.3. The first kappa shape index (κ1) is 32.2. The van der Waals surface area contributed by atoms with E-state index in [4.69, 9.17) is 28.4 Å². The lowest BCUT2D eigenvalue weighted by Crippen LogP contribution is -2.63. The molecule has 2 N–H and O–H groups in total. The zero-order valence-corrected chi connectivity index (χ0v) is 23.1. The molecule has 1 aromatic heterocycles. The molecule has 1 aliphatic heterocycles. The molecule has 0 spiro atoms. The van der Waals surface area contributed by atoms with E-state index in [0.29, 0.717) is 11.1 Å².